The van der Waals surface area contributed by atoms with Crippen LogP contribution in [0.4, 0.5) is 30.7 Å². The second kappa shape index (κ2) is 10.7. The molecule has 4 aromatic rings. The first-order valence-corrected chi connectivity index (χ1v) is 14.2. The molecule has 0 N–H and O–H groups in total. The lowest BCUT2D eigenvalue weighted by Crippen LogP contribution is -2.17. The van der Waals surface area contributed by atoms with Gasteiger partial charge < -0.3 is 9.30 Å². The summed E-state index contributed by atoms with van der Waals surface area (Å²) in [5.74, 6) is -3.23. The maximum Gasteiger partial charge on any atom is 0.573 e. The van der Waals surface area contributed by atoms with E-state index in [4.69, 9.17) is 0 Å². The number of benzene rings is 2. The number of imidazole rings is 1. The van der Waals surface area contributed by atoms with Crippen molar-refractivity contribution in [3.05, 3.63) is 95.8 Å². The Morgan fingerprint density at radius 3 is 2.37 bits per heavy atom. The van der Waals surface area contributed by atoms with Crippen molar-refractivity contribution in [1.82, 2.24) is 24.5 Å². The van der Waals surface area contributed by atoms with Crippen molar-refractivity contribution < 1.29 is 43.9 Å². The Balaban J connectivity index is 1.69. The highest BCUT2D eigenvalue weighted by Crippen LogP contribution is 2.37. The minimum Gasteiger partial charge on any atom is -0.403 e. The second-order valence-electron chi connectivity index (χ2n) is 9.59. The van der Waals surface area contributed by atoms with Crippen LogP contribution < -0.4 is 0 Å². The zero-order valence-electron chi connectivity index (χ0n) is 22.2. The van der Waals surface area contributed by atoms with E-state index >= 15 is 0 Å². The molecule has 226 valence electrons. The average Bonchev–Trinajstić information content (AvgIpc) is 3.55. The molecule has 2 aromatic carbocycles. The predicted octanol–water partition coefficient (Wildman–Crippen LogP) is 6.61. The van der Waals surface area contributed by atoms with Crippen LogP contribution in [0.1, 0.15) is 29.6 Å². The minimum absolute atomic E-state index is 0.0238. The van der Waals surface area contributed by atoms with Crippen LogP contribution >= 0.6 is 0 Å². The smallest absolute Gasteiger partial charge is 0.403 e. The van der Waals surface area contributed by atoms with Gasteiger partial charge in [0.15, 0.2) is 27.1 Å². The first-order valence-electron chi connectivity index (χ1n) is 12.3. The van der Waals surface area contributed by atoms with Crippen molar-refractivity contribution in [3.63, 3.8) is 0 Å². The number of aromatic nitrogens is 5. The summed E-state index contributed by atoms with van der Waals surface area (Å²) in [6.45, 7) is 1.35. The molecule has 1 aliphatic carbocycles. The van der Waals surface area contributed by atoms with E-state index in [9.17, 15) is 39.2 Å². The molecule has 0 aliphatic heterocycles. The number of hydrogen-bond donors (Lipinski definition) is 0. The van der Waals surface area contributed by atoms with Crippen molar-refractivity contribution in [2.75, 3.05) is 6.26 Å². The van der Waals surface area contributed by atoms with E-state index in [1.165, 1.54) is 48.1 Å². The number of nitrogens with zero attached hydrogens (tertiary/aromatic N) is 5. The molecule has 43 heavy (non-hydrogen) atoms. The summed E-state index contributed by atoms with van der Waals surface area (Å²) >= 11 is 0. The third-order valence-corrected chi connectivity index (χ3v) is 7.66. The van der Waals surface area contributed by atoms with Gasteiger partial charge in [0.25, 0.3) is 0 Å². The zero-order valence-corrected chi connectivity index (χ0v) is 23.0. The third kappa shape index (κ3) is 6.33. The standard InChI is InChI=1S/C27H20F7N5O3S/c1-15-36-25(26(29,30)31)14-38(15)21-9-7-17(16-4-3-5-19(10-16)43(2,40)41)11-22(21)39-23(13-35-37-39)18-6-8-20(28)24(12-18)42-27(32,33)34/h3-5,7-14,18H,6H2,1-2H3. The molecule has 16 heteroatoms. The van der Waals surface area contributed by atoms with Gasteiger partial charge >= 0.3 is 12.5 Å². The summed E-state index contributed by atoms with van der Waals surface area (Å²) in [7, 11) is -3.58. The van der Waals surface area contributed by atoms with E-state index in [1.54, 1.807) is 12.1 Å². The Labute approximate surface area is 239 Å². The summed E-state index contributed by atoms with van der Waals surface area (Å²) in [6.07, 6.45) is -5.14. The Morgan fingerprint density at radius 1 is 1.00 bits per heavy atom. The van der Waals surface area contributed by atoms with Crippen LogP contribution in [0.2, 0.25) is 0 Å². The molecule has 1 aliphatic rings. The lowest BCUT2D eigenvalue weighted by molar-refractivity contribution is -0.305. The highest BCUT2D eigenvalue weighted by atomic mass is 32.2. The number of halogens is 7. The molecule has 2 aromatic heterocycles. The average molecular weight is 628 g/mol. The zero-order chi connectivity index (χ0) is 31.3. The molecule has 0 bridgehead atoms. The molecule has 2 heterocycles. The number of aryl methyl sites for hydroxylation is 1. The SMILES string of the molecule is Cc1nc(C(F)(F)F)cn1-c1ccc(-c2cccc(S(C)(=O)=O)c2)cc1-n1nncc1C1C=C(OC(F)(F)F)C(F)=CC1. The molecule has 5 rings (SSSR count). The molecule has 1 atom stereocenters. The first-order chi connectivity index (χ1) is 20.0. The van der Waals surface area contributed by atoms with E-state index in [2.05, 4.69) is 20.0 Å². The van der Waals surface area contributed by atoms with Crippen molar-refractivity contribution in [2.45, 2.75) is 36.7 Å². The number of sulfone groups is 1. The lowest BCUT2D eigenvalue weighted by Gasteiger charge is -2.21. The van der Waals surface area contributed by atoms with E-state index < -0.39 is 45.6 Å². The van der Waals surface area contributed by atoms with E-state index in [0.29, 0.717) is 11.1 Å². The lowest BCUT2D eigenvalue weighted by atomic mass is 9.96. The van der Waals surface area contributed by atoms with Crippen LogP contribution in [-0.4, -0.2) is 45.6 Å². The fraction of sp³-hybridized carbons (Fsp3) is 0.222. The topological polar surface area (TPSA) is 91.9 Å². The summed E-state index contributed by atoms with van der Waals surface area (Å²) in [4.78, 5) is 3.63. The number of rotatable bonds is 6. The van der Waals surface area contributed by atoms with E-state index in [0.717, 1.165) is 29.2 Å². The molecule has 0 saturated carbocycles. The van der Waals surface area contributed by atoms with Crippen molar-refractivity contribution in [3.8, 4) is 22.5 Å². The van der Waals surface area contributed by atoms with Gasteiger partial charge in [-0.05, 0) is 60.9 Å². The quantitative estimate of drug-likeness (QED) is 0.224. The van der Waals surface area contributed by atoms with E-state index in [-0.39, 0.29) is 34.2 Å². The molecule has 0 amide bonds. The van der Waals surface area contributed by atoms with Crippen LogP contribution in [0.15, 0.2) is 83.5 Å². The highest BCUT2D eigenvalue weighted by molar-refractivity contribution is 7.90. The van der Waals surface area contributed by atoms with Crippen LogP contribution in [-0.2, 0) is 20.8 Å². The monoisotopic (exact) mass is 627 g/mol. The van der Waals surface area contributed by atoms with Crippen molar-refractivity contribution in [2.24, 2.45) is 0 Å². The Hall–Kier alpha value is -4.47. The van der Waals surface area contributed by atoms with Gasteiger partial charge in [0.1, 0.15) is 5.82 Å². The van der Waals surface area contributed by atoms with Gasteiger partial charge in [0.2, 0.25) is 0 Å². The molecular weight excluding hydrogens is 607 g/mol. The van der Waals surface area contributed by atoms with Crippen LogP contribution in [0.3, 0.4) is 0 Å². The number of allylic oxidation sites excluding steroid dienone is 3. The summed E-state index contributed by atoms with van der Waals surface area (Å²) in [5.41, 5.74) is 0.160. The molecule has 0 spiro atoms. The van der Waals surface area contributed by atoms with Gasteiger partial charge in [0, 0.05) is 18.4 Å². The van der Waals surface area contributed by atoms with Gasteiger partial charge in [0.05, 0.1) is 28.2 Å². The third-order valence-electron chi connectivity index (χ3n) is 6.55. The number of ether oxygens (including phenoxy) is 1. The van der Waals surface area contributed by atoms with Gasteiger partial charge in [-0.15, -0.1) is 18.3 Å². The Bertz CT molecular complexity index is 1870. The van der Waals surface area contributed by atoms with Crippen LogP contribution in [0.25, 0.3) is 22.5 Å². The summed E-state index contributed by atoms with van der Waals surface area (Å²) in [6, 6.07) is 10.5. The molecule has 0 saturated heterocycles. The number of hydrogen-bond acceptors (Lipinski definition) is 6. The van der Waals surface area contributed by atoms with E-state index in [1.807, 2.05) is 0 Å². The van der Waals surface area contributed by atoms with Gasteiger partial charge in [-0.3, -0.25) is 0 Å². The summed E-state index contributed by atoms with van der Waals surface area (Å²) < 4.78 is 124. The van der Waals surface area contributed by atoms with Gasteiger partial charge in [-0.1, -0.05) is 23.4 Å². The second-order valence-corrected chi connectivity index (χ2v) is 11.6. The molecular formula is C27H20F7N5O3S. The van der Waals surface area contributed by atoms with Crippen molar-refractivity contribution in [1.29, 1.82) is 0 Å². The largest absolute Gasteiger partial charge is 0.573 e. The maximum atomic E-state index is 14.2. The minimum atomic E-state index is -5.16. The van der Waals surface area contributed by atoms with Gasteiger partial charge in [-0.2, -0.15) is 13.2 Å². The molecule has 8 nitrogen and oxygen atoms in total. The predicted molar refractivity (Wildman–Crippen MR) is 139 cm³/mol. The maximum absolute atomic E-state index is 14.2. The number of alkyl halides is 6. The van der Waals surface area contributed by atoms with Crippen molar-refractivity contribution >= 4 is 9.84 Å². The molecule has 1 unspecified atom stereocenters. The molecule has 0 fully saturated rings. The van der Waals surface area contributed by atoms with Gasteiger partial charge in [-0.25, -0.2) is 22.5 Å². The normalized spacial score (nSPS) is 16.2. The summed E-state index contributed by atoms with van der Waals surface area (Å²) in [5, 5.41) is 7.92. The first kappa shape index (κ1) is 30.0. The molecule has 0 radical (unpaired) electrons. The fourth-order valence-electron chi connectivity index (χ4n) is 4.59. The van der Waals surface area contributed by atoms with Crippen LogP contribution in [0.5, 0.6) is 0 Å². The fourth-order valence-corrected chi connectivity index (χ4v) is 5.26. The Kier molecular flexibility index (Phi) is 7.44. The Morgan fingerprint density at radius 2 is 1.72 bits per heavy atom. The van der Waals surface area contributed by atoms with Crippen LogP contribution in [0, 0.1) is 6.92 Å². The highest BCUT2D eigenvalue weighted by Gasteiger charge is 2.36.